The molecule has 2 saturated heterocycles. The Labute approximate surface area is 142 Å². The molecule has 7 heteroatoms. The number of hydrogen-bond donors (Lipinski definition) is 1. The maximum atomic E-state index is 12.3. The number of carbonyl (C=O) groups is 2. The molecular weight excluding hydrogens is 308 g/mol. The van der Waals surface area contributed by atoms with E-state index in [0.29, 0.717) is 32.4 Å². The van der Waals surface area contributed by atoms with Crippen molar-refractivity contribution in [1.29, 1.82) is 0 Å². The largest absolute Gasteiger partial charge is 0.378 e. The summed E-state index contributed by atoms with van der Waals surface area (Å²) in [6.07, 6.45) is 7.53. The van der Waals surface area contributed by atoms with E-state index >= 15 is 0 Å². The lowest BCUT2D eigenvalue weighted by molar-refractivity contribution is -0.136. The first-order valence-corrected chi connectivity index (χ1v) is 8.88. The number of nitrogens with zero attached hydrogens (tertiary/aromatic N) is 3. The van der Waals surface area contributed by atoms with Gasteiger partial charge < -0.3 is 15.0 Å². The van der Waals surface area contributed by atoms with Gasteiger partial charge in [0.2, 0.25) is 11.8 Å². The molecule has 1 N–H and O–H groups in total. The van der Waals surface area contributed by atoms with Crippen LogP contribution in [0.15, 0.2) is 12.4 Å². The fourth-order valence-corrected chi connectivity index (χ4v) is 3.37. The SMILES string of the molecule is CCn1cc(NC(=O)C2CCN(C(=O)C[C@@H]3CCCO3)CC2)cn1. The van der Waals surface area contributed by atoms with E-state index in [2.05, 4.69) is 10.4 Å². The number of rotatable bonds is 5. The van der Waals surface area contributed by atoms with E-state index in [4.69, 9.17) is 4.74 Å². The summed E-state index contributed by atoms with van der Waals surface area (Å²) in [5.74, 6) is 0.142. The van der Waals surface area contributed by atoms with Gasteiger partial charge >= 0.3 is 0 Å². The third kappa shape index (κ3) is 4.14. The Bertz CT molecular complexity index is 572. The van der Waals surface area contributed by atoms with Crippen LogP contribution in [0.25, 0.3) is 0 Å². The average Bonchev–Trinajstić information content (AvgIpc) is 3.26. The van der Waals surface area contributed by atoms with Crippen LogP contribution >= 0.6 is 0 Å². The molecule has 7 nitrogen and oxygen atoms in total. The number of carbonyl (C=O) groups excluding carboxylic acids is 2. The summed E-state index contributed by atoms with van der Waals surface area (Å²) < 4.78 is 7.31. The molecule has 0 saturated carbocycles. The van der Waals surface area contributed by atoms with Gasteiger partial charge in [0.1, 0.15) is 0 Å². The standard InChI is InChI=1S/C17H26N4O3/c1-2-21-12-14(11-18-21)19-17(23)13-5-7-20(8-6-13)16(22)10-15-4-3-9-24-15/h11-13,15H,2-10H2,1H3,(H,19,23)/t15-/m0/s1. The van der Waals surface area contributed by atoms with Gasteiger partial charge in [0.05, 0.1) is 24.4 Å². The van der Waals surface area contributed by atoms with E-state index in [0.717, 1.165) is 31.7 Å². The maximum Gasteiger partial charge on any atom is 0.227 e. The van der Waals surface area contributed by atoms with Crippen molar-refractivity contribution >= 4 is 17.5 Å². The van der Waals surface area contributed by atoms with Crippen LogP contribution in [0.2, 0.25) is 0 Å². The maximum absolute atomic E-state index is 12.3. The minimum atomic E-state index is -0.0400. The molecule has 0 radical (unpaired) electrons. The monoisotopic (exact) mass is 334 g/mol. The number of piperidine rings is 1. The fourth-order valence-electron chi connectivity index (χ4n) is 3.37. The van der Waals surface area contributed by atoms with Crippen LogP contribution in [0.4, 0.5) is 5.69 Å². The molecule has 2 aliphatic heterocycles. The number of ether oxygens (including phenoxy) is 1. The smallest absolute Gasteiger partial charge is 0.227 e. The second kappa shape index (κ2) is 7.79. The quantitative estimate of drug-likeness (QED) is 0.888. The second-order valence-corrected chi connectivity index (χ2v) is 6.57. The molecule has 3 heterocycles. The van der Waals surface area contributed by atoms with Crippen LogP contribution in [0, 0.1) is 5.92 Å². The molecule has 2 fully saturated rings. The van der Waals surface area contributed by atoms with Crippen LogP contribution in [-0.2, 0) is 20.9 Å². The first-order valence-electron chi connectivity index (χ1n) is 8.88. The Kier molecular flexibility index (Phi) is 5.50. The van der Waals surface area contributed by atoms with Gasteiger partial charge in [-0.25, -0.2) is 0 Å². The van der Waals surface area contributed by atoms with Gasteiger partial charge in [0.25, 0.3) is 0 Å². The Morgan fingerprint density at radius 2 is 2.12 bits per heavy atom. The number of nitrogens with one attached hydrogen (secondary N) is 1. The van der Waals surface area contributed by atoms with Gasteiger partial charge in [-0.2, -0.15) is 5.10 Å². The molecule has 2 aliphatic rings. The third-order valence-corrected chi connectivity index (χ3v) is 4.87. The lowest BCUT2D eigenvalue weighted by Gasteiger charge is -2.31. The van der Waals surface area contributed by atoms with Crippen molar-refractivity contribution < 1.29 is 14.3 Å². The van der Waals surface area contributed by atoms with Crippen LogP contribution in [0.5, 0.6) is 0 Å². The number of amides is 2. The van der Waals surface area contributed by atoms with E-state index in [-0.39, 0.29) is 23.8 Å². The molecule has 0 aliphatic carbocycles. The van der Waals surface area contributed by atoms with Gasteiger partial charge in [0.15, 0.2) is 0 Å². The van der Waals surface area contributed by atoms with Crippen molar-refractivity contribution in [2.24, 2.45) is 5.92 Å². The van der Waals surface area contributed by atoms with Crippen molar-refractivity contribution in [1.82, 2.24) is 14.7 Å². The Balaban J connectivity index is 1.43. The van der Waals surface area contributed by atoms with Crippen molar-refractivity contribution in [3.8, 4) is 0 Å². The molecule has 2 amide bonds. The molecule has 0 aromatic carbocycles. The molecule has 0 bridgehead atoms. The highest BCUT2D eigenvalue weighted by molar-refractivity contribution is 5.92. The summed E-state index contributed by atoms with van der Waals surface area (Å²) in [5, 5.41) is 7.08. The van der Waals surface area contributed by atoms with Gasteiger partial charge in [-0.05, 0) is 32.6 Å². The number of aromatic nitrogens is 2. The number of hydrogen-bond acceptors (Lipinski definition) is 4. The number of anilines is 1. The second-order valence-electron chi connectivity index (χ2n) is 6.57. The van der Waals surface area contributed by atoms with Crippen molar-refractivity contribution in [3.05, 3.63) is 12.4 Å². The average molecular weight is 334 g/mol. The molecule has 3 rings (SSSR count). The topological polar surface area (TPSA) is 76.5 Å². The number of likely N-dealkylation sites (tertiary alicyclic amines) is 1. The van der Waals surface area contributed by atoms with Gasteiger partial charge in [-0.1, -0.05) is 0 Å². The predicted molar refractivity (Wildman–Crippen MR) is 89.4 cm³/mol. The molecule has 24 heavy (non-hydrogen) atoms. The highest BCUT2D eigenvalue weighted by Gasteiger charge is 2.29. The van der Waals surface area contributed by atoms with E-state index in [1.165, 1.54) is 0 Å². The normalized spacial score (nSPS) is 21.9. The van der Waals surface area contributed by atoms with Crippen LogP contribution < -0.4 is 5.32 Å². The molecular formula is C17H26N4O3. The lowest BCUT2D eigenvalue weighted by atomic mass is 9.95. The zero-order valence-electron chi connectivity index (χ0n) is 14.2. The van der Waals surface area contributed by atoms with E-state index in [9.17, 15) is 9.59 Å². The van der Waals surface area contributed by atoms with Crippen LogP contribution in [0.3, 0.4) is 0 Å². The molecule has 1 aromatic rings. The molecule has 132 valence electrons. The summed E-state index contributed by atoms with van der Waals surface area (Å²) >= 11 is 0. The van der Waals surface area contributed by atoms with Crippen LogP contribution in [-0.4, -0.2) is 52.3 Å². The molecule has 0 spiro atoms. The van der Waals surface area contributed by atoms with E-state index in [1.54, 1.807) is 10.9 Å². The zero-order chi connectivity index (χ0) is 16.9. The Hall–Kier alpha value is -1.89. The van der Waals surface area contributed by atoms with Crippen molar-refractivity contribution in [3.63, 3.8) is 0 Å². The highest BCUT2D eigenvalue weighted by atomic mass is 16.5. The summed E-state index contributed by atoms with van der Waals surface area (Å²) in [6, 6.07) is 0. The first kappa shape index (κ1) is 17.0. The van der Waals surface area contributed by atoms with Gasteiger partial charge in [-0.3, -0.25) is 14.3 Å². The highest BCUT2D eigenvalue weighted by Crippen LogP contribution is 2.22. The Morgan fingerprint density at radius 3 is 2.75 bits per heavy atom. The Morgan fingerprint density at radius 1 is 1.33 bits per heavy atom. The summed E-state index contributed by atoms with van der Waals surface area (Å²) in [7, 11) is 0. The fraction of sp³-hybridized carbons (Fsp3) is 0.706. The van der Waals surface area contributed by atoms with Crippen LogP contribution in [0.1, 0.15) is 39.0 Å². The minimum absolute atomic E-state index is 0.0249. The summed E-state index contributed by atoms with van der Waals surface area (Å²) in [5.41, 5.74) is 0.735. The lowest BCUT2D eigenvalue weighted by Crippen LogP contribution is -2.42. The molecule has 1 aromatic heterocycles. The summed E-state index contributed by atoms with van der Waals surface area (Å²) in [4.78, 5) is 26.5. The summed E-state index contributed by atoms with van der Waals surface area (Å²) in [6.45, 7) is 4.85. The zero-order valence-corrected chi connectivity index (χ0v) is 14.2. The molecule has 0 unspecified atom stereocenters. The number of aryl methyl sites for hydroxylation is 1. The third-order valence-electron chi connectivity index (χ3n) is 4.87. The minimum Gasteiger partial charge on any atom is -0.378 e. The van der Waals surface area contributed by atoms with Gasteiger partial charge in [0, 0.05) is 38.4 Å². The first-order chi connectivity index (χ1) is 11.7. The van der Waals surface area contributed by atoms with Crippen molar-refractivity contribution in [2.75, 3.05) is 25.0 Å². The van der Waals surface area contributed by atoms with Crippen molar-refractivity contribution in [2.45, 2.75) is 51.7 Å². The molecule has 1 atom stereocenters. The predicted octanol–water partition coefficient (Wildman–Crippen LogP) is 1.65. The van der Waals surface area contributed by atoms with E-state index in [1.807, 2.05) is 18.0 Å². The van der Waals surface area contributed by atoms with Gasteiger partial charge in [-0.15, -0.1) is 0 Å². The van der Waals surface area contributed by atoms with E-state index < -0.39 is 0 Å².